The topological polar surface area (TPSA) is 88.0 Å². The molecule has 106 valence electrons. The van der Waals surface area contributed by atoms with Crippen LogP contribution in [0, 0.1) is 11.6 Å². The lowest BCUT2D eigenvalue weighted by atomic mass is 10.1. The Kier molecular flexibility index (Phi) is 3.98. The van der Waals surface area contributed by atoms with Crippen LogP contribution in [0.15, 0.2) is 21.8 Å². The average Bonchev–Trinajstić information content (AvgIpc) is 2.85. The molecule has 1 atom stereocenters. The van der Waals surface area contributed by atoms with E-state index in [-0.39, 0.29) is 22.3 Å². The number of hydrogen-bond acceptors (Lipinski definition) is 4. The highest BCUT2D eigenvalue weighted by Gasteiger charge is 2.32. The van der Waals surface area contributed by atoms with E-state index in [0.29, 0.717) is 6.07 Å². The van der Waals surface area contributed by atoms with E-state index in [1.807, 2.05) is 0 Å². The average molecular weight is 349 g/mol. The van der Waals surface area contributed by atoms with Gasteiger partial charge in [-0.3, -0.25) is 4.79 Å². The molecule has 0 aromatic heterocycles. The van der Waals surface area contributed by atoms with Crippen LogP contribution in [0.2, 0.25) is 0 Å². The number of carboxylic acids is 1. The van der Waals surface area contributed by atoms with Gasteiger partial charge in [-0.25, -0.2) is 13.6 Å². The van der Waals surface area contributed by atoms with Gasteiger partial charge in [0.1, 0.15) is 11.6 Å². The Morgan fingerprint density at radius 2 is 2.10 bits per heavy atom. The second kappa shape index (κ2) is 5.53. The number of rotatable bonds is 3. The summed E-state index contributed by atoms with van der Waals surface area (Å²) in [6.45, 7) is 0. The van der Waals surface area contributed by atoms with Crippen LogP contribution >= 0.6 is 15.9 Å². The van der Waals surface area contributed by atoms with E-state index in [4.69, 9.17) is 5.11 Å². The fourth-order valence-electron chi connectivity index (χ4n) is 1.48. The zero-order valence-electron chi connectivity index (χ0n) is 9.69. The minimum atomic E-state index is -1.30. The number of halogens is 3. The predicted octanol–water partition coefficient (Wildman–Crippen LogP) is 1.90. The van der Waals surface area contributed by atoms with Gasteiger partial charge in [0.25, 0.3) is 5.91 Å². The molecule has 0 saturated carbocycles. The summed E-state index contributed by atoms with van der Waals surface area (Å²) in [4.78, 5) is 27.0. The normalized spacial score (nSPS) is 17.4. The minimum Gasteiger partial charge on any atom is -0.477 e. The monoisotopic (exact) mass is 348 g/mol. The van der Waals surface area contributed by atoms with Crippen LogP contribution in [-0.2, 0) is 14.4 Å². The number of carbonyl (C=O) groups is 2. The predicted molar refractivity (Wildman–Crippen MR) is 67.2 cm³/mol. The highest BCUT2D eigenvalue weighted by atomic mass is 79.9. The van der Waals surface area contributed by atoms with Gasteiger partial charge in [-0.1, -0.05) is 5.16 Å². The Balaban J connectivity index is 2.07. The molecular weight excluding hydrogens is 342 g/mol. The van der Waals surface area contributed by atoms with Crippen molar-refractivity contribution in [3.8, 4) is 0 Å². The number of anilines is 1. The summed E-state index contributed by atoms with van der Waals surface area (Å²) in [6.07, 6.45) is -1.39. The van der Waals surface area contributed by atoms with Crippen LogP contribution in [0.5, 0.6) is 0 Å². The van der Waals surface area contributed by atoms with E-state index in [0.717, 1.165) is 6.07 Å². The van der Waals surface area contributed by atoms with Gasteiger partial charge in [-0.15, -0.1) is 0 Å². The number of oxime groups is 1. The smallest absolute Gasteiger partial charge is 0.353 e. The van der Waals surface area contributed by atoms with Crippen molar-refractivity contribution in [1.29, 1.82) is 0 Å². The second-order valence-electron chi connectivity index (χ2n) is 3.88. The van der Waals surface area contributed by atoms with Crippen molar-refractivity contribution in [2.75, 3.05) is 5.32 Å². The van der Waals surface area contributed by atoms with Crippen LogP contribution in [0.1, 0.15) is 6.42 Å². The molecular formula is C11H7BrF2N2O4. The summed E-state index contributed by atoms with van der Waals surface area (Å²) < 4.78 is 26.4. The molecule has 0 bridgehead atoms. The SMILES string of the molecule is O=C(O)C1=NOC(C(=O)Nc2cc(Br)c(F)cc2F)C1. The highest BCUT2D eigenvalue weighted by Crippen LogP contribution is 2.24. The van der Waals surface area contributed by atoms with Gasteiger partial charge >= 0.3 is 5.97 Å². The summed E-state index contributed by atoms with van der Waals surface area (Å²) in [5.74, 6) is -3.84. The van der Waals surface area contributed by atoms with E-state index in [1.165, 1.54) is 0 Å². The van der Waals surface area contributed by atoms with Crippen molar-refractivity contribution >= 4 is 39.2 Å². The van der Waals surface area contributed by atoms with E-state index >= 15 is 0 Å². The van der Waals surface area contributed by atoms with Crippen LogP contribution < -0.4 is 5.32 Å². The molecule has 1 aliphatic rings. The molecule has 1 unspecified atom stereocenters. The first-order valence-electron chi connectivity index (χ1n) is 5.30. The maximum atomic E-state index is 13.4. The fraction of sp³-hybridized carbons (Fsp3) is 0.182. The molecule has 0 spiro atoms. The zero-order chi connectivity index (χ0) is 14.9. The van der Waals surface area contributed by atoms with E-state index in [1.54, 1.807) is 0 Å². The number of benzene rings is 1. The summed E-state index contributed by atoms with van der Waals surface area (Å²) in [7, 11) is 0. The molecule has 1 aromatic carbocycles. The summed E-state index contributed by atoms with van der Waals surface area (Å²) in [6, 6.07) is 1.66. The lowest BCUT2D eigenvalue weighted by molar-refractivity contribution is -0.129. The molecule has 0 saturated heterocycles. The quantitative estimate of drug-likeness (QED) is 0.816. The van der Waals surface area contributed by atoms with E-state index in [2.05, 4.69) is 31.2 Å². The van der Waals surface area contributed by atoms with Gasteiger partial charge in [-0.2, -0.15) is 0 Å². The molecule has 1 aromatic rings. The van der Waals surface area contributed by atoms with E-state index < -0.39 is 29.6 Å². The molecule has 2 rings (SSSR count). The molecule has 1 heterocycles. The maximum Gasteiger partial charge on any atom is 0.353 e. The van der Waals surface area contributed by atoms with Crippen molar-refractivity contribution in [3.63, 3.8) is 0 Å². The molecule has 6 nitrogen and oxygen atoms in total. The number of carbonyl (C=O) groups excluding carboxylic acids is 1. The van der Waals surface area contributed by atoms with Gasteiger partial charge in [0.2, 0.25) is 6.10 Å². The van der Waals surface area contributed by atoms with Crippen LogP contribution in [-0.4, -0.2) is 28.8 Å². The van der Waals surface area contributed by atoms with Gasteiger partial charge in [0.05, 0.1) is 10.2 Å². The first-order valence-corrected chi connectivity index (χ1v) is 6.09. The van der Waals surface area contributed by atoms with Crippen molar-refractivity contribution in [2.45, 2.75) is 12.5 Å². The highest BCUT2D eigenvalue weighted by molar-refractivity contribution is 9.10. The Morgan fingerprint density at radius 3 is 2.70 bits per heavy atom. The van der Waals surface area contributed by atoms with Crippen molar-refractivity contribution in [2.24, 2.45) is 5.16 Å². The summed E-state index contributed by atoms with van der Waals surface area (Å²) in [5, 5.41) is 14.1. The first kappa shape index (κ1) is 14.4. The van der Waals surface area contributed by atoms with Crippen molar-refractivity contribution < 1.29 is 28.3 Å². The Bertz CT molecular complexity index is 621. The third-order valence-corrected chi connectivity index (χ3v) is 3.08. The van der Waals surface area contributed by atoms with E-state index in [9.17, 15) is 18.4 Å². The number of carboxylic acid groups (broad SMARTS) is 1. The number of hydrogen-bond donors (Lipinski definition) is 2. The fourth-order valence-corrected chi connectivity index (χ4v) is 1.82. The lowest BCUT2D eigenvalue weighted by Crippen LogP contribution is -2.29. The third-order valence-electron chi connectivity index (χ3n) is 2.48. The molecule has 20 heavy (non-hydrogen) atoms. The zero-order valence-corrected chi connectivity index (χ0v) is 11.3. The number of aliphatic carboxylic acids is 1. The molecule has 1 aliphatic heterocycles. The van der Waals surface area contributed by atoms with Gasteiger partial charge in [-0.05, 0) is 22.0 Å². The number of nitrogens with one attached hydrogen (secondary N) is 1. The third kappa shape index (κ3) is 2.93. The molecule has 0 aliphatic carbocycles. The molecule has 2 N–H and O–H groups in total. The van der Waals surface area contributed by atoms with Gasteiger partial charge < -0.3 is 15.3 Å². The van der Waals surface area contributed by atoms with Crippen LogP contribution in [0.25, 0.3) is 0 Å². The Morgan fingerprint density at radius 1 is 1.40 bits per heavy atom. The van der Waals surface area contributed by atoms with Crippen molar-refractivity contribution in [1.82, 2.24) is 0 Å². The largest absolute Gasteiger partial charge is 0.477 e. The maximum absolute atomic E-state index is 13.4. The molecule has 9 heteroatoms. The standard InChI is InChI=1S/C11H7BrF2N2O4/c12-4-1-7(6(14)2-5(4)13)15-10(17)9-3-8(11(18)19)16-20-9/h1-2,9H,3H2,(H,15,17)(H,18,19). The summed E-state index contributed by atoms with van der Waals surface area (Å²) in [5.41, 5.74) is -0.554. The Hall–Kier alpha value is -2.03. The van der Waals surface area contributed by atoms with Gasteiger partial charge in [0.15, 0.2) is 5.71 Å². The number of amides is 1. The van der Waals surface area contributed by atoms with Crippen molar-refractivity contribution in [3.05, 3.63) is 28.2 Å². The second-order valence-corrected chi connectivity index (χ2v) is 4.73. The molecule has 0 fully saturated rings. The Labute approximate surface area is 119 Å². The molecule has 0 radical (unpaired) electrons. The van der Waals surface area contributed by atoms with Gasteiger partial charge in [0, 0.05) is 12.5 Å². The number of nitrogens with zero attached hydrogens (tertiary/aromatic N) is 1. The summed E-state index contributed by atoms with van der Waals surface area (Å²) >= 11 is 2.86. The molecule has 1 amide bonds. The minimum absolute atomic E-state index is 0.0241. The first-order chi connectivity index (χ1) is 9.38. The van der Waals surface area contributed by atoms with Crippen LogP contribution in [0.4, 0.5) is 14.5 Å². The lowest BCUT2D eigenvalue weighted by Gasteiger charge is -2.10. The van der Waals surface area contributed by atoms with Crippen LogP contribution in [0.3, 0.4) is 0 Å².